The summed E-state index contributed by atoms with van der Waals surface area (Å²) in [6, 6.07) is 5.21. The molecule has 2 aromatic heterocycles. The van der Waals surface area contributed by atoms with E-state index in [0.29, 0.717) is 35.4 Å². The first kappa shape index (κ1) is 30.3. The molecule has 0 spiro atoms. The molecule has 232 valence electrons. The van der Waals surface area contributed by atoms with Gasteiger partial charge in [-0.25, -0.2) is 24.8 Å². The lowest BCUT2D eigenvalue weighted by atomic mass is 9.94. The van der Waals surface area contributed by atoms with Crippen molar-refractivity contribution < 1.29 is 23.6 Å². The van der Waals surface area contributed by atoms with Crippen LogP contribution in [0.25, 0.3) is 0 Å². The van der Waals surface area contributed by atoms with Gasteiger partial charge in [-0.2, -0.15) is 0 Å². The van der Waals surface area contributed by atoms with E-state index in [9.17, 15) is 19.2 Å². The highest BCUT2D eigenvalue weighted by molar-refractivity contribution is 8.00. The molecule has 12 nitrogen and oxygen atoms in total. The van der Waals surface area contributed by atoms with Crippen molar-refractivity contribution >= 4 is 52.0 Å². The molecule has 5 heterocycles. The zero-order valence-corrected chi connectivity index (χ0v) is 26.6. The molecule has 3 aliphatic heterocycles. The molecule has 3 aromatic rings. The molecule has 3 aliphatic rings. The van der Waals surface area contributed by atoms with Crippen LogP contribution in [-0.2, 0) is 33.8 Å². The number of aromatic nitrogens is 2. The zero-order chi connectivity index (χ0) is 31.0. The number of hydrazine groups is 1. The Bertz CT molecular complexity index is 1590. The minimum Gasteiger partial charge on any atom is -0.444 e. The van der Waals surface area contributed by atoms with Crippen LogP contribution in [0.4, 0.5) is 9.93 Å². The van der Waals surface area contributed by atoms with Crippen LogP contribution >= 0.6 is 23.1 Å². The zero-order valence-electron chi connectivity index (χ0n) is 24.9. The number of likely N-dealkylation sites (tertiary alicyclic amines) is 1. The molecule has 2 saturated heterocycles. The summed E-state index contributed by atoms with van der Waals surface area (Å²) in [5.74, 6) is 1.47. The van der Waals surface area contributed by atoms with Gasteiger partial charge in [0.15, 0.2) is 5.13 Å². The third-order valence-electron chi connectivity index (χ3n) is 7.99. The number of imide groups is 1. The van der Waals surface area contributed by atoms with E-state index in [1.54, 1.807) is 24.2 Å². The predicted molar refractivity (Wildman–Crippen MR) is 165 cm³/mol. The van der Waals surface area contributed by atoms with E-state index in [1.165, 1.54) is 21.4 Å². The number of rotatable bonds is 8. The number of anilines is 1. The van der Waals surface area contributed by atoms with Crippen molar-refractivity contribution in [1.82, 2.24) is 30.2 Å². The molecule has 44 heavy (non-hydrogen) atoms. The Labute approximate surface area is 263 Å². The Kier molecular flexibility index (Phi) is 8.49. The van der Waals surface area contributed by atoms with E-state index in [0.717, 1.165) is 47.0 Å². The van der Waals surface area contributed by atoms with Crippen LogP contribution in [0.15, 0.2) is 39.2 Å². The Morgan fingerprint density at radius 2 is 1.91 bits per heavy atom. The lowest BCUT2D eigenvalue weighted by Gasteiger charge is -2.33. The van der Waals surface area contributed by atoms with Crippen molar-refractivity contribution in [2.24, 2.45) is 5.92 Å². The number of urea groups is 1. The number of carbonyl (C=O) groups excluding carboxylic acids is 4. The fourth-order valence-electron chi connectivity index (χ4n) is 5.50. The highest BCUT2D eigenvalue weighted by Crippen LogP contribution is 2.33. The molecular weight excluding hydrogens is 603 g/mol. The fraction of sp³-hybridized carbons (Fsp3) is 0.467. The first-order valence-corrected chi connectivity index (χ1v) is 16.5. The van der Waals surface area contributed by atoms with Gasteiger partial charge in [0, 0.05) is 29.9 Å². The molecule has 0 bridgehead atoms. The van der Waals surface area contributed by atoms with Gasteiger partial charge in [-0.15, -0.1) is 11.8 Å². The number of thiazole rings is 1. The number of nitrogens with one attached hydrogen (secondary N) is 2. The normalized spacial score (nSPS) is 18.1. The van der Waals surface area contributed by atoms with E-state index in [4.69, 9.17) is 4.42 Å². The highest BCUT2D eigenvalue weighted by Gasteiger charge is 2.37. The fourth-order valence-corrected chi connectivity index (χ4v) is 7.23. The second-order valence-corrected chi connectivity index (χ2v) is 14.6. The number of fused-ring (bicyclic) bond motifs is 1. The summed E-state index contributed by atoms with van der Waals surface area (Å²) in [7, 11) is 0. The SMILES string of the molecule is CC(C)(C)c1cnc(CSc2cnc(NC(=O)C3CCN(Cc4ccc5c(c4)CN(N4CCC(=O)NC4=O)C5=O)CC3)s2)o1. The summed E-state index contributed by atoms with van der Waals surface area (Å²) in [5, 5.41) is 8.58. The summed E-state index contributed by atoms with van der Waals surface area (Å²) < 4.78 is 6.85. The first-order chi connectivity index (χ1) is 21.0. The smallest absolute Gasteiger partial charge is 0.342 e. The number of oxazole rings is 1. The third kappa shape index (κ3) is 6.66. The van der Waals surface area contributed by atoms with Crippen molar-refractivity contribution in [1.29, 1.82) is 0 Å². The molecule has 0 saturated carbocycles. The average Bonchev–Trinajstić information content (AvgIpc) is 3.72. The van der Waals surface area contributed by atoms with Crippen molar-refractivity contribution in [2.75, 3.05) is 25.0 Å². The Morgan fingerprint density at radius 3 is 2.64 bits per heavy atom. The number of hydrogen-bond donors (Lipinski definition) is 2. The van der Waals surface area contributed by atoms with Gasteiger partial charge in [-0.3, -0.25) is 24.6 Å². The van der Waals surface area contributed by atoms with Gasteiger partial charge in [0.25, 0.3) is 5.91 Å². The lowest BCUT2D eigenvalue weighted by Crippen LogP contribution is -2.56. The highest BCUT2D eigenvalue weighted by atomic mass is 32.2. The molecule has 6 rings (SSSR count). The molecule has 5 amide bonds. The van der Waals surface area contributed by atoms with Gasteiger partial charge >= 0.3 is 6.03 Å². The van der Waals surface area contributed by atoms with Gasteiger partial charge < -0.3 is 9.73 Å². The molecule has 0 atom stereocenters. The summed E-state index contributed by atoms with van der Waals surface area (Å²) in [6.45, 7) is 9.02. The van der Waals surface area contributed by atoms with Crippen molar-refractivity contribution in [3.63, 3.8) is 0 Å². The van der Waals surface area contributed by atoms with Crippen molar-refractivity contribution in [2.45, 2.75) is 68.5 Å². The van der Waals surface area contributed by atoms with Crippen LogP contribution in [0.2, 0.25) is 0 Å². The second-order valence-electron chi connectivity index (χ2n) is 12.3. The van der Waals surface area contributed by atoms with Crippen LogP contribution < -0.4 is 10.6 Å². The van der Waals surface area contributed by atoms with Crippen LogP contribution in [0.3, 0.4) is 0 Å². The monoisotopic (exact) mass is 637 g/mol. The molecule has 2 N–H and O–H groups in total. The van der Waals surface area contributed by atoms with Gasteiger partial charge in [0.05, 0.1) is 35.4 Å². The Morgan fingerprint density at radius 1 is 1.11 bits per heavy atom. The maximum atomic E-state index is 13.0. The molecular formula is C30H35N7O5S2. The van der Waals surface area contributed by atoms with Crippen LogP contribution in [0, 0.1) is 5.92 Å². The number of carbonyl (C=O) groups is 4. The van der Waals surface area contributed by atoms with Crippen molar-refractivity contribution in [3.8, 4) is 0 Å². The first-order valence-electron chi connectivity index (χ1n) is 14.7. The number of nitrogens with zero attached hydrogens (tertiary/aromatic N) is 5. The number of piperidine rings is 1. The predicted octanol–water partition coefficient (Wildman–Crippen LogP) is 4.38. The summed E-state index contributed by atoms with van der Waals surface area (Å²) in [5.41, 5.74) is 2.43. The van der Waals surface area contributed by atoms with E-state index in [-0.39, 0.29) is 42.0 Å². The summed E-state index contributed by atoms with van der Waals surface area (Å²) in [4.78, 5) is 60.8. The van der Waals surface area contributed by atoms with Crippen LogP contribution in [-0.4, -0.2) is 68.3 Å². The topological polar surface area (TPSA) is 141 Å². The largest absolute Gasteiger partial charge is 0.444 e. The Balaban J connectivity index is 0.961. The molecule has 0 unspecified atom stereocenters. The summed E-state index contributed by atoms with van der Waals surface area (Å²) >= 11 is 3.04. The van der Waals surface area contributed by atoms with Gasteiger partial charge in [-0.1, -0.05) is 44.2 Å². The molecule has 14 heteroatoms. The lowest BCUT2D eigenvalue weighted by molar-refractivity contribution is -0.123. The van der Waals surface area contributed by atoms with Crippen LogP contribution in [0.1, 0.15) is 73.2 Å². The maximum absolute atomic E-state index is 13.0. The number of thioether (sulfide) groups is 1. The minimum absolute atomic E-state index is 0.00217. The van der Waals surface area contributed by atoms with Crippen molar-refractivity contribution in [3.05, 3.63) is 58.9 Å². The molecule has 1 aromatic carbocycles. The van der Waals surface area contributed by atoms with E-state index < -0.39 is 6.03 Å². The Hall–Kier alpha value is -3.75. The number of hydrogen-bond acceptors (Lipinski definition) is 10. The van der Waals surface area contributed by atoms with E-state index in [1.807, 2.05) is 18.2 Å². The average molecular weight is 638 g/mol. The maximum Gasteiger partial charge on any atom is 0.342 e. The standard InChI is InChI=1S/C30H35N7O5S2/c1-30(2,3)22-13-31-24(42-22)17-43-25-14-32-28(44-25)34-26(39)19-6-9-35(10-7-19)15-18-4-5-21-20(12-18)16-37(27(21)40)36-11-8-23(38)33-29(36)41/h4-5,12-14,19H,6-11,15-17H2,1-3H3,(H,32,34,39)(H,33,38,41). The van der Waals surface area contributed by atoms with E-state index >= 15 is 0 Å². The third-order valence-corrected chi connectivity index (χ3v) is 10.1. The van der Waals surface area contributed by atoms with Gasteiger partial charge in [0.2, 0.25) is 17.7 Å². The van der Waals surface area contributed by atoms with Gasteiger partial charge in [0.1, 0.15) is 5.76 Å². The second kappa shape index (κ2) is 12.3. The minimum atomic E-state index is -0.568. The number of amides is 5. The van der Waals surface area contributed by atoms with Crippen LogP contribution in [0.5, 0.6) is 0 Å². The molecule has 2 fully saturated rings. The van der Waals surface area contributed by atoms with E-state index in [2.05, 4.69) is 46.3 Å². The molecule has 0 aliphatic carbocycles. The molecule has 0 radical (unpaired) electrons. The summed E-state index contributed by atoms with van der Waals surface area (Å²) in [6.07, 6.45) is 5.22. The number of benzene rings is 1. The quantitative estimate of drug-likeness (QED) is 0.344. The van der Waals surface area contributed by atoms with Gasteiger partial charge in [-0.05, 0) is 43.1 Å².